The van der Waals surface area contributed by atoms with Crippen molar-refractivity contribution in [2.45, 2.75) is 43.7 Å². The Hall–Kier alpha value is -0.830. The molecule has 0 radical (unpaired) electrons. The lowest BCUT2D eigenvalue weighted by Crippen LogP contribution is -2.57. The van der Waals surface area contributed by atoms with Crippen LogP contribution in [0.3, 0.4) is 0 Å². The molecule has 3 aliphatic rings. The van der Waals surface area contributed by atoms with E-state index < -0.39 is 0 Å². The van der Waals surface area contributed by atoms with Crippen LogP contribution < -0.4 is 0 Å². The summed E-state index contributed by atoms with van der Waals surface area (Å²) >= 11 is 0. The lowest BCUT2D eigenvalue weighted by molar-refractivity contribution is -0.135. The van der Waals surface area contributed by atoms with Gasteiger partial charge >= 0.3 is 0 Å². The molecule has 3 atom stereocenters. The van der Waals surface area contributed by atoms with Gasteiger partial charge in [-0.05, 0) is 25.7 Å². The first-order valence-corrected chi connectivity index (χ1v) is 5.79. The van der Waals surface area contributed by atoms with E-state index in [0.29, 0.717) is 13.0 Å². The monoisotopic (exact) mass is 207 g/mol. The van der Waals surface area contributed by atoms with E-state index in [-0.39, 0.29) is 23.5 Å². The van der Waals surface area contributed by atoms with Crippen molar-refractivity contribution in [3.63, 3.8) is 0 Å². The fraction of sp³-hybridized carbons (Fsp3) is 0.750. The average Bonchev–Trinajstić information content (AvgIpc) is 2.52. The number of hydrogen-bond donors (Lipinski definition) is 1. The van der Waals surface area contributed by atoms with Crippen LogP contribution in [0.5, 0.6) is 0 Å². The summed E-state index contributed by atoms with van der Waals surface area (Å²) in [5.41, 5.74) is 1.13. The summed E-state index contributed by atoms with van der Waals surface area (Å²) in [5.74, 6) is 0.520. The van der Waals surface area contributed by atoms with Gasteiger partial charge in [-0.1, -0.05) is 12.2 Å². The molecule has 3 heteroatoms. The molecule has 0 aromatic rings. The number of piperidine rings is 1. The summed E-state index contributed by atoms with van der Waals surface area (Å²) in [7, 11) is 0. The van der Waals surface area contributed by atoms with Crippen molar-refractivity contribution in [1.29, 1.82) is 0 Å². The van der Waals surface area contributed by atoms with E-state index in [1.54, 1.807) is 0 Å². The van der Waals surface area contributed by atoms with Gasteiger partial charge in [0.05, 0.1) is 6.10 Å². The molecule has 3 fully saturated rings. The van der Waals surface area contributed by atoms with E-state index in [2.05, 4.69) is 6.58 Å². The van der Waals surface area contributed by atoms with E-state index in [4.69, 9.17) is 0 Å². The number of rotatable bonds is 0. The van der Waals surface area contributed by atoms with Crippen LogP contribution in [-0.2, 0) is 4.79 Å². The van der Waals surface area contributed by atoms with Crippen molar-refractivity contribution < 1.29 is 9.90 Å². The second-order valence-electron chi connectivity index (χ2n) is 5.28. The molecule has 1 aliphatic carbocycles. The minimum Gasteiger partial charge on any atom is -0.393 e. The highest BCUT2D eigenvalue weighted by atomic mass is 16.3. The zero-order chi connectivity index (χ0) is 10.6. The number of carbonyl (C=O) groups is 1. The number of aliphatic hydroxyl groups excluding tert-OH is 1. The zero-order valence-electron chi connectivity index (χ0n) is 8.91. The van der Waals surface area contributed by atoms with Gasteiger partial charge in [-0.3, -0.25) is 4.79 Å². The van der Waals surface area contributed by atoms with Crippen molar-refractivity contribution in [2.75, 3.05) is 6.54 Å². The van der Waals surface area contributed by atoms with Crippen molar-refractivity contribution >= 4 is 5.91 Å². The molecule has 3 nitrogen and oxygen atoms in total. The second-order valence-corrected chi connectivity index (χ2v) is 5.28. The van der Waals surface area contributed by atoms with E-state index >= 15 is 0 Å². The van der Waals surface area contributed by atoms with Gasteiger partial charge in [0.1, 0.15) is 0 Å². The molecule has 2 heterocycles. The van der Waals surface area contributed by atoms with Crippen LogP contribution >= 0.6 is 0 Å². The minimum atomic E-state index is -0.221. The molecule has 0 aromatic carbocycles. The average molecular weight is 207 g/mol. The number of hydrogen-bond acceptors (Lipinski definition) is 2. The van der Waals surface area contributed by atoms with Gasteiger partial charge < -0.3 is 10.0 Å². The summed E-state index contributed by atoms with van der Waals surface area (Å²) in [4.78, 5) is 13.8. The minimum absolute atomic E-state index is 0.0855. The van der Waals surface area contributed by atoms with Crippen LogP contribution in [0.15, 0.2) is 12.2 Å². The molecule has 3 rings (SSSR count). The molecular formula is C12H17NO2. The highest BCUT2D eigenvalue weighted by Gasteiger charge is 2.53. The van der Waals surface area contributed by atoms with Crippen molar-refractivity contribution in [3.05, 3.63) is 12.2 Å². The third-order valence-corrected chi connectivity index (χ3v) is 4.53. The normalized spacial score (nSPS) is 44.5. The topological polar surface area (TPSA) is 40.5 Å². The third-order valence-electron chi connectivity index (χ3n) is 4.53. The van der Waals surface area contributed by atoms with Gasteiger partial charge in [0.25, 0.3) is 0 Å². The predicted octanol–water partition coefficient (Wildman–Crippen LogP) is 1.08. The zero-order valence-corrected chi connectivity index (χ0v) is 8.91. The lowest BCUT2D eigenvalue weighted by Gasteiger charge is -2.51. The standard InChI is InChI=1S/C12H17NO2/c1-8-7-13-11(15)3-5-12(13)4-2-10(14)9(8)6-12/h9-10,14H,1-7H2/t9-,10-,12-/m1/s1. The number of carbonyl (C=O) groups excluding carboxylic acids is 1. The van der Waals surface area contributed by atoms with Crippen molar-refractivity contribution in [3.8, 4) is 0 Å². The van der Waals surface area contributed by atoms with Gasteiger partial charge in [0, 0.05) is 24.4 Å². The molecule has 1 spiro atoms. The number of aliphatic hydroxyl groups is 1. The number of nitrogens with zero attached hydrogens (tertiary/aromatic N) is 1. The molecule has 2 aliphatic heterocycles. The van der Waals surface area contributed by atoms with Gasteiger partial charge in [-0.15, -0.1) is 0 Å². The van der Waals surface area contributed by atoms with E-state index in [1.165, 1.54) is 0 Å². The Morgan fingerprint density at radius 2 is 2.27 bits per heavy atom. The molecule has 0 unspecified atom stereocenters. The summed E-state index contributed by atoms with van der Waals surface area (Å²) in [6, 6.07) is 0. The molecular weight excluding hydrogens is 190 g/mol. The lowest BCUT2D eigenvalue weighted by atomic mass is 9.67. The second kappa shape index (κ2) is 2.85. The Balaban J connectivity index is 1.97. The molecule has 82 valence electrons. The van der Waals surface area contributed by atoms with Crippen LogP contribution in [0.4, 0.5) is 0 Å². The Morgan fingerprint density at radius 3 is 3.07 bits per heavy atom. The smallest absolute Gasteiger partial charge is 0.223 e. The third kappa shape index (κ3) is 1.13. The predicted molar refractivity (Wildman–Crippen MR) is 56.2 cm³/mol. The van der Waals surface area contributed by atoms with Gasteiger partial charge in [0.2, 0.25) is 5.91 Å². The van der Waals surface area contributed by atoms with Gasteiger partial charge in [-0.2, -0.15) is 0 Å². The van der Waals surface area contributed by atoms with Gasteiger partial charge in [-0.25, -0.2) is 0 Å². The maximum absolute atomic E-state index is 11.8. The summed E-state index contributed by atoms with van der Waals surface area (Å²) in [6.45, 7) is 4.70. The SMILES string of the molecule is C=C1CN2C(=O)CC[C@@]23CC[C@@H](O)[C@@H]1C3. The molecule has 1 saturated carbocycles. The first-order chi connectivity index (χ1) is 7.12. The highest BCUT2D eigenvalue weighted by molar-refractivity contribution is 5.80. The van der Waals surface area contributed by atoms with E-state index in [9.17, 15) is 9.90 Å². The van der Waals surface area contributed by atoms with E-state index in [0.717, 1.165) is 31.3 Å². The highest BCUT2D eigenvalue weighted by Crippen LogP contribution is 2.49. The quantitative estimate of drug-likeness (QED) is 0.604. The Labute approximate surface area is 89.8 Å². The Kier molecular flexibility index (Phi) is 1.78. The fourth-order valence-electron chi connectivity index (χ4n) is 3.60. The molecule has 2 saturated heterocycles. The van der Waals surface area contributed by atoms with E-state index in [1.807, 2.05) is 4.90 Å². The fourth-order valence-corrected chi connectivity index (χ4v) is 3.60. The van der Waals surface area contributed by atoms with Crippen LogP contribution in [0, 0.1) is 5.92 Å². The maximum atomic E-state index is 11.8. The van der Waals surface area contributed by atoms with Gasteiger partial charge in [0.15, 0.2) is 0 Å². The molecule has 1 N–H and O–H groups in total. The summed E-state index contributed by atoms with van der Waals surface area (Å²) in [6.07, 6.45) is 4.20. The molecule has 1 amide bonds. The molecule has 2 bridgehead atoms. The summed E-state index contributed by atoms with van der Waals surface area (Å²) < 4.78 is 0. The first-order valence-electron chi connectivity index (χ1n) is 5.79. The van der Waals surface area contributed by atoms with Crippen LogP contribution in [0.1, 0.15) is 32.1 Å². The Bertz CT molecular complexity index is 339. The summed E-state index contributed by atoms with van der Waals surface area (Å²) in [5, 5.41) is 9.91. The van der Waals surface area contributed by atoms with Crippen molar-refractivity contribution in [2.24, 2.45) is 5.92 Å². The van der Waals surface area contributed by atoms with Crippen LogP contribution in [-0.4, -0.2) is 34.1 Å². The molecule has 15 heavy (non-hydrogen) atoms. The number of fused-ring (bicyclic) bond motifs is 1. The largest absolute Gasteiger partial charge is 0.393 e. The van der Waals surface area contributed by atoms with Crippen molar-refractivity contribution in [1.82, 2.24) is 4.90 Å². The van der Waals surface area contributed by atoms with Crippen LogP contribution in [0.2, 0.25) is 0 Å². The maximum Gasteiger partial charge on any atom is 0.223 e. The molecule has 0 aromatic heterocycles. The number of amides is 1. The first kappa shape index (κ1) is 9.40. The Morgan fingerprint density at radius 1 is 1.47 bits per heavy atom. The van der Waals surface area contributed by atoms with Crippen LogP contribution in [0.25, 0.3) is 0 Å².